The number of rotatable bonds is 1. The molecule has 2 aromatic rings. The van der Waals surface area contributed by atoms with Gasteiger partial charge in [-0.05, 0) is 12.1 Å². The molecular formula is C10H9NS3. The summed E-state index contributed by atoms with van der Waals surface area (Å²) in [6, 6.07) is 8.39. The second kappa shape index (κ2) is 3.76. The first kappa shape index (κ1) is 9.07. The highest BCUT2D eigenvalue weighted by atomic mass is 32.2. The molecule has 1 aromatic heterocycles. The Labute approximate surface area is 95.3 Å². The van der Waals surface area contributed by atoms with Crippen molar-refractivity contribution in [3.63, 3.8) is 0 Å². The van der Waals surface area contributed by atoms with Gasteiger partial charge >= 0.3 is 0 Å². The molecule has 0 amide bonds. The van der Waals surface area contributed by atoms with E-state index in [0.29, 0.717) is 4.58 Å². The molecule has 0 spiro atoms. The van der Waals surface area contributed by atoms with E-state index in [4.69, 9.17) is 0 Å². The molecule has 0 saturated carbocycles. The summed E-state index contributed by atoms with van der Waals surface area (Å²) in [5, 5.41) is 1.29. The predicted octanol–water partition coefficient (Wildman–Crippen LogP) is 3.77. The summed E-state index contributed by atoms with van der Waals surface area (Å²) in [6.07, 6.45) is 0. The number of hydrogen-bond donors (Lipinski definition) is 0. The van der Waals surface area contributed by atoms with Crippen LogP contribution in [0, 0.1) is 0 Å². The maximum Gasteiger partial charge on any atom is 0.117 e. The van der Waals surface area contributed by atoms with Gasteiger partial charge in [0.2, 0.25) is 0 Å². The molecule has 1 fully saturated rings. The fourth-order valence-corrected chi connectivity index (χ4v) is 5.57. The minimum Gasteiger partial charge on any atom is -0.239 e. The lowest BCUT2D eigenvalue weighted by atomic mass is 10.3. The summed E-state index contributed by atoms with van der Waals surface area (Å²) in [5.41, 5.74) is 1.15. The average molecular weight is 239 g/mol. The lowest BCUT2D eigenvalue weighted by molar-refractivity contribution is 1.30. The third-order valence-electron chi connectivity index (χ3n) is 2.13. The van der Waals surface area contributed by atoms with Crippen LogP contribution in [0.25, 0.3) is 10.2 Å². The smallest absolute Gasteiger partial charge is 0.117 e. The number of thioether (sulfide) groups is 2. The average Bonchev–Trinajstić information content (AvgIpc) is 2.86. The van der Waals surface area contributed by atoms with Gasteiger partial charge in [0, 0.05) is 11.5 Å². The quantitative estimate of drug-likeness (QED) is 0.752. The number of para-hydroxylation sites is 1. The summed E-state index contributed by atoms with van der Waals surface area (Å²) in [4.78, 5) is 4.67. The summed E-state index contributed by atoms with van der Waals surface area (Å²) < 4.78 is 1.91. The fraction of sp³-hybridized carbons (Fsp3) is 0.300. The Morgan fingerprint density at radius 3 is 2.71 bits per heavy atom. The van der Waals surface area contributed by atoms with Gasteiger partial charge in [0.25, 0.3) is 0 Å². The maximum absolute atomic E-state index is 4.67. The standard InChI is InChI=1S/C10H9NS3/c1-2-4-8-7(3-1)11-9(14-8)10-12-5-6-13-10/h1-4,10H,5-6H2. The van der Waals surface area contributed by atoms with Crippen molar-refractivity contribution in [1.29, 1.82) is 0 Å². The van der Waals surface area contributed by atoms with E-state index in [1.165, 1.54) is 21.2 Å². The molecule has 1 aliphatic heterocycles. The van der Waals surface area contributed by atoms with E-state index < -0.39 is 0 Å². The van der Waals surface area contributed by atoms with Crippen molar-refractivity contribution in [2.45, 2.75) is 4.58 Å². The van der Waals surface area contributed by atoms with Gasteiger partial charge < -0.3 is 0 Å². The Morgan fingerprint density at radius 2 is 1.93 bits per heavy atom. The summed E-state index contributed by atoms with van der Waals surface area (Å²) in [7, 11) is 0. The fourth-order valence-electron chi connectivity index (χ4n) is 1.49. The van der Waals surface area contributed by atoms with E-state index in [0.717, 1.165) is 5.52 Å². The van der Waals surface area contributed by atoms with Gasteiger partial charge in [0.1, 0.15) is 9.59 Å². The molecule has 0 N–H and O–H groups in total. The highest BCUT2D eigenvalue weighted by Gasteiger charge is 2.21. The van der Waals surface area contributed by atoms with Crippen molar-refractivity contribution in [3.05, 3.63) is 29.3 Å². The zero-order chi connectivity index (χ0) is 9.38. The number of nitrogens with zero attached hydrogens (tertiary/aromatic N) is 1. The Hall–Kier alpha value is -0.190. The molecule has 0 radical (unpaired) electrons. The van der Waals surface area contributed by atoms with E-state index in [-0.39, 0.29) is 0 Å². The number of fused-ring (bicyclic) bond motifs is 1. The van der Waals surface area contributed by atoms with Crippen LogP contribution < -0.4 is 0 Å². The molecule has 0 unspecified atom stereocenters. The first-order valence-corrected chi connectivity index (χ1v) is 7.43. The molecule has 14 heavy (non-hydrogen) atoms. The van der Waals surface area contributed by atoms with E-state index >= 15 is 0 Å². The van der Waals surface area contributed by atoms with Crippen LogP contribution in [0.5, 0.6) is 0 Å². The largest absolute Gasteiger partial charge is 0.239 e. The SMILES string of the molecule is c1ccc2sc(C3SCCS3)nc2c1. The molecule has 0 bridgehead atoms. The number of benzene rings is 1. The summed E-state index contributed by atoms with van der Waals surface area (Å²) in [5.74, 6) is 2.54. The second-order valence-corrected chi connectivity index (χ2v) is 6.88. The number of thiazole rings is 1. The third-order valence-corrected chi connectivity index (χ3v) is 6.54. The van der Waals surface area contributed by atoms with Crippen molar-refractivity contribution >= 4 is 45.1 Å². The first-order valence-electron chi connectivity index (χ1n) is 4.52. The molecule has 1 nitrogen and oxygen atoms in total. The first-order chi connectivity index (χ1) is 6.93. The van der Waals surface area contributed by atoms with Gasteiger partial charge in [0.05, 0.1) is 10.2 Å². The third kappa shape index (κ3) is 1.55. The topological polar surface area (TPSA) is 12.9 Å². The summed E-state index contributed by atoms with van der Waals surface area (Å²) in [6.45, 7) is 0. The van der Waals surface area contributed by atoms with Gasteiger partial charge in [-0.25, -0.2) is 4.98 Å². The second-order valence-electron chi connectivity index (χ2n) is 3.09. The van der Waals surface area contributed by atoms with Crippen LogP contribution in [0.15, 0.2) is 24.3 Å². The van der Waals surface area contributed by atoms with E-state index in [1.54, 1.807) is 0 Å². The van der Waals surface area contributed by atoms with Crippen LogP contribution in [0.4, 0.5) is 0 Å². The number of aromatic nitrogens is 1. The Kier molecular flexibility index (Phi) is 2.43. The lowest BCUT2D eigenvalue weighted by Gasteiger charge is -2.00. The Balaban J connectivity index is 2.05. The highest BCUT2D eigenvalue weighted by molar-refractivity contribution is 8.19. The molecule has 0 atom stereocenters. The van der Waals surface area contributed by atoms with Gasteiger partial charge in [-0.2, -0.15) is 0 Å². The van der Waals surface area contributed by atoms with E-state index in [9.17, 15) is 0 Å². The molecule has 3 rings (SSSR count). The van der Waals surface area contributed by atoms with Crippen LogP contribution >= 0.6 is 34.9 Å². The molecule has 72 valence electrons. The molecule has 2 heterocycles. The Morgan fingerprint density at radius 1 is 1.14 bits per heavy atom. The molecule has 4 heteroatoms. The monoisotopic (exact) mass is 239 g/mol. The highest BCUT2D eigenvalue weighted by Crippen LogP contribution is 2.47. The van der Waals surface area contributed by atoms with Crippen LogP contribution in [0.1, 0.15) is 9.59 Å². The van der Waals surface area contributed by atoms with Gasteiger partial charge in [-0.3, -0.25) is 0 Å². The predicted molar refractivity (Wildman–Crippen MR) is 67.3 cm³/mol. The van der Waals surface area contributed by atoms with Crippen molar-refractivity contribution in [2.75, 3.05) is 11.5 Å². The van der Waals surface area contributed by atoms with Crippen LogP contribution in [0.3, 0.4) is 0 Å². The van der Waals surface area contributed by atoms with Crippen molar-refractivity contribution < 1.29 is 0 Å². The van der Waals surface area contributed by atoms with E-state index in [1.807, 2.05) is 34.9 Å². The van der Waals surface area contributed by atoms with Gasteiger partial charge in [-0.15, -0.1) is 34.9 Å². The molecule has 1 aromatic carbocycles. The normalized spacial score (nSPS) is 18.0. The van der Waals surface area contributed by atoms with Crippen molar-refractivity contribution in [2.24, 2.45) is 0 Å². The Bertz CT molecular complexity index is 412. The molecule has 0 aliphatic carbocycles. The maximum atomic E-state index is 4.67. The molecular weight excluding hydrogens is 230 g/mol. The minimum absolute atomic E-state index is 0.590. The minimum atomic E-state index is 0.590. The molecule has 1 aliphatic rings. The van der Waals surface area contributed by atoms with Crippen LogP contribution in [-0.4, -0.2) is 16.5 Å². The van der Waals surface area contributed by atoms with Gasteiger partial charge in [-0.1, -0.05) is 12.1 Å². The van der Waals surface area contributed by atoms with Crippen LogP contribution in [0.2, 0.25) is 0 Å². The zero-order valence-corrected chi connectivity index (χ0v) is 9.92. The van der Waals surface area contributed by atoms with E-state index in [2.05, 4.69) is 29.2 Å². The van der Waals surface area contributed by atoms with Crippen molar-refractivity contribution in [3.8, 4) is 0 Å². The van der Waals surface area contributed by atoms with Gasteiger partial charge in [0.15, 0.2) is 0 Å². The van der Waals surface area contributed by atoms with Crippen molar-refractivity contribution in [1.82, 2.24) is 4.98 Å². The summed E-state index contributed by atoms with van der Waals surface area (Å²) >= 11 is 5.88. The lowest BCUT2D eigenvalue weighted by Crippen LogP contribution is -1.80. The molecule has 1 saturated heterocycles. The number of hydrogen-bond acceptors (Lipinski definition) is 4. The zero-order valence-electron chi connectivity index (χ0n) is 7.47. The van der Waals surface area contributed by atoms with Crippen LogP contribution in [-0.2, 0) is 0 Å².